The van der Waals surface area contributed by atoms with Gasteiger partial charge < -0.3 is 4.74 Å². The summed E-state index contributed by atoms with van der Waals surface area (Å²) in [6, 6.07) is 9.83. The molecule has 0 N–H and O–H groups in total. The number of ether oxygens (including phenoxy) is 1. The van der Waals surface area contributed by atoms with E-state index in [0.717, 1.165) is 12.0 Å². The van der Waals surface area contributed by atoms with E-state index in [1.165, 1.54) is 0 Å². The normalized spacial score (nSPS) is 25.8. The van der Waals surface area contributed by atoms with Crippen molar-refractivity contribution in [3.8, 4) is 0 Å². The fourth-order valence-electron chi connectivity index (χ4n) is 2.52. The van der Waals surface area contributed by atoms with Crippen LogP contribution in [-0.4, -0.2) is 11.9 Å². The molecule has 1 fully saturated rings. The van der Waals surface area contributed by atoms with Crippen LogP contribution in [0.15, 0.2) is 30.3 Å². The van der Waals surface area contributed by atoms with Crippen LogP contribution in [-0.2, 0) is 14.3 Å². The zero-order chi connectivity index (χ0) is 12.4. The summed E-state index contributed by atoms with van der Waals surface area (Å²) in [5.74, 6) is -1.39. The Morgan fingerprint density at radius 3 is 2.29 bits per heavy atom. The Bertz CT molecular complexity index is 424. The van der Waals surface area contributed by atoms with E-state index in [4.69, 9.17) is 4.74 Å². The second kappa shape index (κ2) is 4.70. The summed E-state index contributed by atoms with van der Waals surface area (Å²) in [5.41, 5.74) is 1.10. The molecule has 2 unspecified atom stereocenters. The summed E-state index contributed by atoms with van der Waals surface area (Å²) in [7, 11) is 0. The highest BCUT2D eigenvalue weighted by atomic mass is 16.6. The van der Waals surface area contributed by atoms with Crippen LogP contribution in [0.3, 0.4) is 0 Å². The van der Waals surface area contributed by atoms with E-state index in [-0.39, 0.29) is 23.7 Å². The van der Waals surface area contributed by atoms with Gasteiger partial charge in [-0.05, 0) is 17.9 Å². The smallest absolute Gasteiger partial charge is 0.318 e. The lowest BCUT2D eigenvalue weighted by Crippen LogP contribution is -2.22. The van der Waals surface area contributed by atoms with Crippen LogP contribution in [0.5, 0.6) is 0 Å². The van der Waals surface area contributed by atoms with Gasteiger partial charge in [-0.3, -0.25) is 9.59 Å². The minimum atomic E-state index is -0.394. The summed E-state index contributed by atoms with van der Waals surface area (Å²) in [6.45, 7) is 3.80. The van der Waals surface area contributed by atoms with Gasteiger partial charge in [0.1, 0.15) is 0 Å². The minimum absolute atomic E-state index is 0.0603. The van der Waals surface area contributed by atoms with Crippen LogP contribution in [0.2, 0.25) is 0 Å². The van der Waals surface area contributed by atoms with E-state index in [9.17, 15) is 9.59 Å². The monoisotopic (exact) mass is 232 g/mol. The Labute approximate surface area is 101 Å². The van der Waals surface area contributed by atoms with Gasteiger partial charge in [0.25, 0.3) is 0 Å². The average Bonchev–Trinajstić information content (AvgIpc) is 2.58. The molecule has 0 radical (unpaired) electrons. The van der Waals surface area contributed by atoms with E-state index in [1.54, 1.807) is 6.92 Å². The molecular weight excluding hydrogens is 216 g/mol. The van der Waals surface area contributed by atoms with Gasteiger partial charge in [0, 0.05) is 0 Å². The average molecular weight is 232 g/mol. The zero-order valence-electron chi connectivity index (χ0n) is 10.1. The van der Waals surface area contributed by atoms with Gasteiger partial charge in [-0.2, -0.15) is 0 Å². The third kappa shape index (κ3) is 2.09. The molecule has 3 atom stereocenters. The molecule has 90 valence electrons. The van der Waals surface area contributed by atoms with Crippen LogP contribution < -0.4 is 0 Å². The molecule has 0 aromatic heterocycles. The molecule has 17 heavy (non-hydrogen) atoms. The number of carbonyl (C=O) groups is 2. The Balaban J connectivity index is 2.31. The molecule has 0 bridgehead atoms. The molecule has 0 aliphatic carbocycles. The molecule has 3 heteroatoms. The van der Waals surface area contributed by atoms with Crippen molar-refractivity contribution >= 4 is 11.9 Å². The first-order valence-electron chi connectivity index (χ1n) is 5.95. The van der Waals surface area contributed by atoms with Gasteiger partial charge in [0.15, 0.2) is 0 Å². The first-order valence-corrected chi connectivity index (χ1v) is 5.95. The summed E-state index contributed by atoms with van der Waals surface area (Å²) < 4.78 is 4.71. The molecule has 0 amide bonds. The standard InChI is InChI=1S/C14H16O3/c1-3-11(10-7-5-4-6-8-10)12-9(2)13(15)17-14(12)16/h4-9,11-12H,3H2,1-2H3/t9-,11?,12?/m1/s1. The number of hydrogen-bond acceptors (Lipinski definition) is 3. The van der Waals surface area contributed by atoms with Crippen LogP contribution in [0.1, 0.15) is 31.7 Å². The third-order valence-corrected chi connectivity index (χ3v) is 3.48. The van der Waals surface area contributed by atoms with Crippen molar-refractivity contribution in [3.63, 3.8) is 0 Å². The minimum Gasteiger partial charge on any atom is -0.393 e. The lowest BCUT2D eigenvalue weighted by atomic mass is 9.78. The highest BCUT2D eigenvalue weighted by Gasteiger charge is 2.45. The largest absolute Gasteiger partial charge is 0.393 e. The Morgan fingerprint density at radius 2 is 1.82 bits per heavy atom. The van der Waals surface area contributed by atoms with Crippen molar-refractivity contribution in [2.75, 3.05) is 0 Å². The predicted octanol–water partition coefficient (Wildman–Crippen LogP) is 2.52. The van der Waals surface area contributed by atoms with Crippen molar-refractivity contribution in [2.24, 2.45) is 11.8 Å². The second-order valence-corrected chi connectivity index (χ2v) is 4.48. The fourth-order valence-corrected chi connectivity index (χ4v) is 2.52. The zero-order valence-corrected chi connectivity index (χ0v) is 10.1. The van der Waals surface area contributed by atoms with Gasteiger partial charge in [0.05, 0.1) is 11.8 Å². The molecule has 1 aliphatic rings. The maximum atomic E-state index is 11.7. The van der Waals surface area contributed by atoms with Crippen molar-refractivity contribution in [3.05, 3.63) is 35.9 Å². The number of hydrogen-bond donors (Lipinski definition) is 0. The van der Waals surface area contributed by atoms with Gasteiger partial charge in [0.2, 0.25) is 0 Å². The Hall–Kier alpha value is -1.64. The highest BCUT2D eigenvalue weighted by Crippen LogP contribution is 2.38. The first-order chi connectivity index (χ1) is 8.15. The number of cyclic esters (lactones) is 2. The molecule has 1 aromatic carbocycles. The van der Waals surface area contributed by atoms with Crippen molar-refractivity contribution in [1.29, 1.82) is 0 Å². The molecule has 2 rings (SSSR count). The second-order valence-electron chi connectivity index (χ2n) is 4.48. The third-order valence-electron chi connectivity index (χ3n) is 3.48. The van der Waals surface area contributed by atoms with Crippen molar-refractivity contribution in [1.82, 2.24) is 0 Å². The molecule has 1 saturated heterocycles. The van der Waals surface area contributed by atoms with Crippen LogP contribution in [0.25, 0.3) is 0 Å². The molecule has 0 saturated carbocycles. The van der Waals surface area contributed by atoms with Gasteiger partial charge in [-0.15, -0.1) is 0 Å². The maximum absolute atomic E-state index is 11.7. The summed E-state index contributed by atoms with van der Waals surface area (Å²) in [5, 5.41) is 0. The van der Waals surface area contributed by atoms with Crippen LogP contribution >= 0.6 is 0 Å². The molecule has 0 spiro atoms. The lowest BCUT2D eigenvalue weighted by Gasteiger charge is -2.21. The van der Waals surface area contributed by atoms with Gasteiger partial charge in [-0.1, -0.05) is 44.2 Å². The molecular formula is C14H16O3. The molecule has 1 aliphatic heterocycles. The fraction of sp³-hybridized carbons (Fsp3) is 0.429. The van der Waals surface area contributed by atoms with E-state index in [0.29, 0.717) is 0 Å². The SMILES string of the molecule is CCC(c1ccccc1)C1C(=O)OC(=O)[C@@H]1C. The highest BCUT2D eigenvalue weighted by molar-refractivity contribution is 5.96. The lowest BCUT2D eigenvalue weighted by molar-refractivity contribution is -0.153. The predicted molar refractivity (Wildman–Crippen MR) is 63.2 cm³/mol. The van der Waals surface area contributed by atoms with Crippen LogP contribution in [0.4, 0.5) is 0 Å². The summed E-state index contributed by atoms with van der Waals surface area (Å²) in [6.07, 6.45) is 0.821. The number of carbonyl (C=O) groups excluding carboxylic acids is 2. The van der Waals surface area contributed by atoms with Gasteiger partial charge >= 0.3 is 11.9 Å². The van der Waals surface area contributed by atoms with Crippen LogP contribution in [0, 0.1) is 11.8 Å². The number of benzene rings is 1. The summed E-state index contributed by atoms with van der Waals surface area (Å²) in [4.78, 5) is 23.1. The molecule has 3 nitrogen and oxygen atoms in total. The number of rotatable bonds is 3. The quantitative estimate of drug-likeness (QED) is 0.594. The Morgan fingerprint density at radius 1 is 1.18 bits per heavy atom. The molecule has 1 aromatic rings. The summed E-state index contributed by atoms with van der Waals surface area (Å²) >= 11 is 0. The molecule has 1 heterocycles. The van der Waals surface area contributed by atoms with E-state index < -0.39 is 5.97 Å². The topological polar surface area (TPSA) is 43.4 Å². The number of esters is 2. The van der Waals surface area contributed by atoms with Crippen molar-refractivity contribution in [2.45, 2.75) is 26.2 Å². The van der Waals surface area contributed by atoms with Crippen molar-refractivity contribution < 1.29 is 14.3 Å². The van der Waals surface area contributed by atoms with E-state index in [2.05, 4.69) is 0 Å². The first kappa shape index (κ1) is 11.8. The van der Waals surface area contributed by atoms with Gasteiger partial charge in [-0.25, -0.2) is 0 Å². The van der Waals surface area contributed by atoms with E-state index in [1.807, 2.05) is 37.3 Å². The maximum Gasteiger partial charge on any atom is 0.318 e. The van der Waals surface area contributed by atoms with E-state index >= 15 is 0 Å². The Kier molecular flexibility index (Phi) is 3.27.